The maximum absolute atomic E-state index is 10.3. The number of nitrogens with one attached hydrogen (secondary N) is 1. The molecule has 70 valence electrons. The summed E-state index contributed by atoms with van der Waals surface area (Å²) in [5, 5.41) is 2.55. The number of halogens is 1. The predicted octanol–water partition coefficient (Wildman–Crippen LogP) is 2.66. The average Bonchev–Trinajstić information content (AvgIpc) is 2.10. The van der Waals surface area contributed by atoms with E-state index >= 15 is 0 Å². The fourth-order valence-corrected chi connectivity index (χ4v) is 1.15. The van der Waals surface area contributed by atoms with Crippen LogP contribution in [0.1, 0.15) is 6.92 Å². The van der Waals surface area contributed by atoms with Gasteiger partial charge in [0.2, 0.25) is 6.41 Å². The van der Waals surface area contributed by atoms with E-state index in [0.717, 1.165) is 5.57 Å². The fourth-order valence-electron chi connectivity index (χ4n) is 0.810. The molecule has 0 spiro atoms. The molecule has 0 saturated carbocycles. The number of carbonyl (C=O) groups is 1. The van der Waals surface area contributed by atoms with Crippen LogP contribution in [0.5, 0.6) is 0 Å². The quantitative estimate of drug-likeness (QED) is 0.582. The van der Waals surface area contributed by atoms with E-state index in [-0.39, 0.29) is 0 Å². The van der Waals surface area contributed by atoms with Crippen LogP contribution >= 0.6 is 15.9 Å². The van der Waals surface area contributed by atoms with Crippen molar-refractivity contribution in [1.82, 2.24) is 5.32 Å². The molecule has 0 fully saturated rings. The van der Waals surface area contributed by atoms with E-state index < -0.39 is 0 Å². The fraction of sp³-hybridized carbons (Fsp3) is 0.100. The Balaban J connectivity index is 5.10. The molecule has 0 saturated heterocycles. The summed E-state index contributed by atoms with van der Waals surface area (Å²) in [5.74, 6) is 0. The van der Waals surface area contributed by atoms with Gasteiger partial charge in [0, 0.05) is 4.48 Å². The number of rotatable bonds is 5. The van der Waals surface area contributed by atoms with E-state index in [1.165, 1.54) is 0 Å². The zero-order chi connectivity index (χ0) is 10.3. The molecule has 0 bridgehead atoms. The third-order valence-electron chi connectivity index (χ3n) is 1.33. The lowest BCUT2D eigenvalue weighted by Crippen LogP contribution is -2.11. The Morgan fingerprint density at radius 2 is 2.15 bits per heavy atom. The van der Waals surface area contributed by atoms with Gasteiger partial charge in [0.25, 0.3) is 0 Å². The molecule has 0 rings (SSSR count). The Hall–Kier alpha value is -1.09. The van der Waals surface area contributed by atoms with E-state index in [4.69, 9.17) is 0 Å². The van der Waals surface area contributed by atoms with Gasteiger partial charge in [0.15, 0.2) is 0 Å². The Morgan fingerprint density at radius 1 is 1.54 bits per heavy atom. The van der Waals surface area contributed by atoms with Crippen molar-refractivity contribution in [3.8, 4) is 0 Å². The van der Waals surface area contributed by atoms with Crippen LogP contribution in [0.3, 0.4) is 0 Å². The highest BCUT2D eigenvalue weighted by Crippen LogP contribution is 2.17. The molecular weight excluding hydrogens is 230 g/mol. The molecule has 0 aliphatic heterocycles. The summed E-state index contributed by atoms with van der Waals surface area (Å²) in [6.45, 7) is 9.21. The zero-order valence-corrected chi connectivity index (χ0v) is 9.10. The number of amides is 1. The van der Waals surface area contributed by atoms with Crippen LogP contribution in [0.2, 0.25) is 0 Å². The summed E-state index contributed by atoms with van der Waals surface area (Å²) >= 11 is 3.20. The minimum absolute atomic E-state index is 0.606. The summed E-state index contributed by atoms with van der Waals surface area (Å²) in [7, 11) is 0. The first-order chi connectivity index (χ1) is 6.17. The lowest BCUT2D eigenvalue weighted by Gasteiger charge is -2.06. The van der Waals surface area contributed by atoms with Crippen molar-refractivity contribution < 1.29 is 4.79 Å². The highest BCUT2D eigenvalue weighted by atomic mass is 79.9. The minimum Gasteiger partial charge on any atom is -0.327 e. The Morgan fingerprint density at radius 3 is 2.46 bits per heavy atom. The van der Waals surface area contributed by atoms with Crippen LogP contribution in [-0.2, 0) is 4.79 Å². The monoisotopic (exact) mass is 241 g/mol. The molecule has 0 aliphatic carbocycles. The van der Waals surface area contributed by atoms with Gasteiger partial charge in [-0.2, -0.15) is 0 Å². The Bertz CT molecular complexity index is 277. The van der Waals surface area contributed by atoms with Crippen LogP contribution in [0.4, 0.5) is 0 Å². The third-order valence-corrected chi connectivity index (χ3v) is 1.73. The number of hydrogen-bond acceptors (Lipinski definition) is 1. The maximum Gasteiger partial charge on any atom is 0.211 e. The van der Waals surface area contributed by atoms with E-state index in [1.807, 2.05) is 19.1 Å². The van der Waals surface area contributed by atoms with Gasteiger partial charge in [-0.15, -0.1) is 0 Å². The van der Waals surface area contributed by atoms with Crippen molar-refractivity contribution in [1.29, 1.82) is 0 Å². The SMILES string of the molecule is C=CC(/C=C\C)=C(/NC=O)C(=C)Br. The number of hydrogen-bond donors (Lipinski definition) is 1. The molecule has 0 aromatic carbocycles. The second-order valence-electron chi connectivity index (χ2n) is 2.20. The van der Waals surface area contributed by atoms with E-state index in [1.54, 1.807) is 6.08 Å². The van der Waals surface area contributed by atoms with Crippen LogP contribution in [0.25, 0.3) is 0 Å². The van der Waals surface area contributed by atoms with Gasteiger partial charge in [-0.25, -0.2) is 0 Å². The van der Waals surface area contributed by atoms with Gasteiger partial charge in [-0.05, 0) is 28.4 Å². The first-order valence-corrected chi connectivity index (χ1v) is 4.51. The maximum atomic E-state index is 10.3. The van der Waals surface area contributed by atoms with Gasteiger partial charge in [0.1, 0.15) is 0 Å². The van der Waals surface area contributed by atoms with Crippen LogP contribution in [-0.4, -0.2) is 6.41 Å². The van der Waals surface area contributed by atoms with E-state index in [2.05, 4.69) is 34.4 Å². The molecular formula is C10H12BrNO. The van der Waals surface area contributed by atoms with Crippen molar-refractivity contribution in [3.05, 3.63) is 47.1 Å². The first kappa shape index (κ1) is 11.9. The normalized spacial score (nSPS) is 12.2. The second kappa shape index (κ2) is 6.43. The molecule has 0 radical (unpaired) electrons. The molecule has 1 N–H and O–H groups in total. The Labute approximate surface area is 86.8 Å². The molecule has 13 heavy (non-hydrogen) atoms. The van der Waals surface area contributed by atoms with E-state index in [0.29, 0.717) is 16.6 Å². The number of allylic oxidation sites excluding steroid dienone is 5. The van der Waals surface area contributed by atoms with Crippen molar-refractivity contribution in [2.24, 2.45) is 0 Å². The van der Waals surface area contributed by atoms with Crippen molar-refractivity contribution in [2.75, 3.05) is 0 Å². The summed E-state index contributed by atoms with van der Waals surface area (Å²) < 4.78 is 0.618. The second-order valence-corrected chi connectivity index (χ2v) is 3.16. The Kier molecular flexibility index (Phi) is 5.89. The van der Waals surface area contributed by atoms with Gasteiger partial charge < -0.3 is 5.32 Å². The summed E-state index contributed by atoms with van der Waals surface area (Å²) in [6, 6.07) is 0. The molecule has 0 atom stereocenters. The van der Waals surface area contributed by atoms with E-state index in [9.17, 15) is 4.79 Å². The lowest BCUT2D eigenvalue weighted by atomic mass is 10.2. The third kappa shape index (κ3) is 3.90. The van der Waals surface area contributed by atoms with Gasteiger partial charge >= 0.3 is 0 Å². The van der Waals surface area contributed by atoms with Gasteiger partial charge in [-0.1, -0.05) is 31.4 Å². The number of carbonyl (C=O) groups excluding carboxylic acids is 1. The highest BCUT2D eigenvalue weighted by molar-refractivity contribution is 9.11. The minimum atomic E-state index is 0.606. The average molecular weight is 242 g/mol. The van der Waals surface area contributed by atoms with Crippen molar-refractivity contribution in [2.45, 2.75) is 6.92 Å². The van der Waals surface area contributed by atoms with Gasteiger partial charge in [-0.3, -0.25) is 4.79 Å². The first-order valence-electron chi connectivity index (χ1n) is 3.71. The summed E-state index contributed by atoms with van der Waals surface area (Å²) in [6.07, 6.45) is 5.96. The van der Waals surface area contributed by atoms with Crippen molar-refractivity contribution in [3.63, 3.8) is 0 Å². The summed E-state index contributed by atoms with van der Waals surface area (Å²) in [5.41, 5.74) is 1.44. The molecule has 0 heterocycles. The lowest BCUT2D eigenvalue weighted by molar-refractivity contribution is -0.108. The topological polar surface area (TPSA) is 29.1 Å². The molecule has 3 heteroatoms. The molecule has 0 aliphatic rings. The van der Waals surface area contributed by atoms with Crippen LogP contribution in [0, 0.1) is 0 Å². The smallest absolute Gasteiger partial charge is 0.211 e. The van der Waals surface area contributed by atoms with Gasteiger partial charge in [0.05, 0.1) is 5.70 Å². The predicted molar refractivity (Wildman–Crippen MR) is 59.3 cm³/mol. The summed E-state index contributed by atoms with van der Waals surface area (Å²) in [4.78, 5) is 10.3. The zero-order valence-electron chi connectivity index (χ0n) is 7.51. The van der Waals surface area contributed by atoms with Crippen LogP contribution in [0.15, 0.2) is 47.1 Å². The molecule has 1 amide bonds. The molecule has 0 aromatic heterocycles. The molecule has 0 aromatic rings. The largest absolute Gasteiger partial charge is 0.327 e. The van der Waals surface area contributed by atoms with Crippen LogP contribution < -0.4 is 5.32 Å². The molecule has 2 nitrogen and oxygen atoms in total. The molecule has 0 unspecified atom stereocenters. The standard InChI is InChI=1S/C10H12BrNO/c1-4-6-9(5-2)10(8(3)11)12-7-13/h4-7H,2-3H2,1H3,(H,12,13)/b6-4-,10-9-. The highest BCUT2D eigenvalue weighted by Gasteiger charge is 2.01. The van der Waals surface area contributed by atoms with Crippen molar-refractivity contribution >= 4 is 22.3 Å².